The Morgan fingerprint density at radius 2 is 1.86 bits per heavy atom. The van der Waals surface area contributed by atoms with Gasteiger partial charge in [-0.1, -0.05) is 25.1 Å². The van der Waals surface area contributed by atoms with E-state index in [1.54, 1.807) is 0 Å². The van der Waals surface area contributed by atoms with Crippen molar-refractivity contribution in [2.45, 2.75) is 44.6 Å². The highest BCUT2D eigenvalue weighted by molar-refractivity contribution is 5.74. The van der Waals surface area contributed by atoms with Crippen LogP contribution in [0.4, 0.5) is 15.0 Å². The molecule has 1 aromatic carbocycles. The number of benzene rings is 1. The molecule has 2 N–H and O–H groups in total. The van der Waals surface area contributed by atoms with E-state index in [0.29, 0.717) is 13.1 Å². The van der Waals surface area contributed by atoms with Gasteiger partial charge in [0.25, 0.3) is 0 Å². The molecular weight excluding hydrogens is 367 g/mol. The lowest BCUT2D eigenvalue weighted by Crippen LogP contribution is -2.39. The van der Waals surface area contributed by atoms with Crippen molar-refractivity contribution in [2.24, 2.45) is 5.92 Å². The molecule has 2 amide bonds. The number of amides is 2. The molecule has 0 atom stereocenters. The number of carbonyl (C=O) groups is 1. The summed E-state index contributed by atoms with van der Waals surface area (Å²) in [6.07, 6.45) is 6.29. The molecule has 4 rings (SSSR count). The summed E-state index contributed by atoms with van der Waals surface area (Å²) in [6.45, 7) is 5.43. The molecular formula is C23H29FN4O. The second-order valence-electron chi connectivity index (χ2n) is 8.52. The van der Waals surface area contributed by atoms with Gasteiger partial charge in [-0.2, -0.15) is 0 Å². The minimum Gasteiger partial charge on any atom is -0.357 e. The molecule has 154 valence electrons. The predicted molar refractivity (Wildman–Crippen MR) is 112 cm³/mol. The van der Waals surface area contributed by atoms with Crippen molar-refractivity contribution in [2.75, 3.05) is 24.5 Å². The maximum Gasteiger partial charge on any atom is 0.315 e. The first-order valence-corrected chi connectivity index (χ1v) is 10.5. The van der Waals surface area contributed by atoms with Gasteiger partial charge in [-0.25, -0.2) is 14.2 Å². The Morgan fingerprint density at radius 1 is 1.14 bits per heavy atom. The first-order valence-electron chi connectivity index (χ1n) is 10.5. The monoisotopic (exact) mass is 396 g/mol. The fourth-order valence-electron chi connectivity index (χ4n) is 3.96. The van der Waals surface area contributed by atoms with Crippen LogP contribution in [0.5, 0.6) is 0 Å². The molecule has 2 fully saturated rings. The summed E-state index contributed by atoms with van der Waals surface area (Å²) < 4.78 is 13.1. The van der Waals surface area contributed by atoms with Crippen molar-refractivity contribution in [3.8, 4) is 0 Å². The Bertz CT molecular complexity index is 825. The van der Waals surface area contributed by atoms with E-state index in [1.165, 1.54) is 25.0 Å². The van der Waals surface area contributed by atoms with Crippen LogP contribution < -0.4 is 15.5 Å². The summed E-state index contributed by atoms with van der Waals surface area (Å²) in [6, 6.07) is 10.5. The Hall–Kier alpha value is -2.63. The maximum absolute atomic E-state index is 13.1. The first-order chi connectivity index (χ1) is 14.0. The van der Waals surface area contributed by atoms with E-state index in [1.807, 2.05) is 30.5 Å². The molecule has 6 heteroatoms. The van der Waals surface area contributed by atoms with E-state index in [2.05, 4.69) is 27.4 Å². The van der Waals surface area contributed by atoms with E-state index in [0.717, 1.165) is 48.8 Å². The highest BCUT2D eigenvalue weighted by Crippen LogP contribution is 2.47. The third-order valence-corrected chi connectivity index (χ3v) is 6.27. The number of aromatic nitrogens is 1. The quantitative estimate of drug-likeness (QED) is 0.776. The summed E-state index contributed by atoms with van der Waals surface area (Å²) in [7, 11) is 0. The molecule has 0 spiro atoms. The van der Waals surface area contributed by atoms with Crippen molar-refractivity contribution in [3.63, 3.8) is 0 Å². The molecule has 0 unspecified atom stereocenters. The van der Waals surface area contributed by atoms with Crippen molar-refractivity contribution in [3.05, 3.63) is 59.5 Å². The van der Waals surface area contributed by atoms with Crippen molar-refractivity contribution in [1.82, 2.24) is 15.6 Å². The number of nitrogens with zero attached hydrogens (tertiary/aromatic N) is 2. The van der Waals surface area contributed by atoms with Crippen molar-refractivity contribution >= 4 is 11.8 Å². The molecule has 0 bridgehead atoms. The van der Waals surface area contributed by atoms with Crippen LogP contribution >= 0.6 is 0 Å². The van der Waals surface area contributed by atoms with Gasteiger partial charge in [-0.3, -0.25) is 0 Å². The number of nitrogens with one attached hydrogen (secondary N) is 2. The van der Waals surface area contributed by atoms with Gasteiger partial charge in [0, 0.05) is 37.8 Å². The van der Waals surface area contributed by atoms with Gasteiger partial charge in [0.2, 0.25) is 0 Å². The summed E-state index contributed by atoms with van der Waals surface area (Å²) in [5.41, 5.74) is 2.03. The Balaban J connectivity index is 1.23. The van der Waals surface area contributed by atoms with Crippen molar-refractivity contribution < 1.29 is 9.18 Å². The number of halogens is 1. The number of carbonyl (C=O) groups excluding carboxylic acids is 1. The average Bonchev–Trinajstić information content (AvgIpc) is 3.53. The molecule has 1 aliphatic carbocycles. The molecule has 2 aliphatic rings. The topological polar surface area (TPSA) is 57.3 Å². The van der Waals surface area contributed by atoms with Gasteiger partial charge in [-0.05, 0) is 60.9 Å². The van der Waals surface area contributed by atoms with E-state index in [4.69, 9.17) is 0 Å². The normalized spacial score (nSPS) is 18.3. The lowest BCUT2D eigenvalue weighted by molar-refractivity contribution is 0.239. The minimum atomic E-state index is -0.232. The number of urea groups is 1. The highest BCUT2D eigenvalue weighted by Gasteiger charge is 2.44. The predicted octanol–water partition coefficient (Wildman–Crippen LogP) is 3.99. The van der Waals surface area contributed by atoms with Crippen LogP contribution in [-0.4, -0.2) is 30.6 Å². The lowest BCUT2D eigenvalue weighted by Gasteiger charge is -2.31. The largest absolute Gasteiger partial charge is 0.357 e. The second-order valence-corrected chi connectivity index (χ2v) is 8.52. The number of piperidine rings is 1. The van der Waals surface area contributed by atoms with Crippen LogP contribution in [0.15, 0.2) is 42.6 Å². The van der Waals surface area contributed by atoms with Gasteiger partial charge in [0.15, 0.2) is 0 Å². The SMILES string of the molecule is CC1CCN(c2ccc(CNC(=O)NCC3(c4ccc(F)cc4)CC3)cn2)CC1. The number of pyridine rings is 1. The number of rotatable bonds is 6. The van der Waals surface area contributed by atoms with Gasteiger partial charge < -0.3 is 15.5 Å². The summed E-state index contributed by atoms with van der Waals surface area (Å²) in [5.74, 6) is 1.58. The van der Waals surface area contributed by atoms with Gasteiger partial charge >= 0.3 is 6.03 Å². The smallest absolute Gasteiger partial charge is 0.315 e. The third kappa shape index (κ3) is 4.86. The van der Waals surface area contributed by atoms with E-state index < -0.39 is 0 Å². The highest BCUT2D eigenvalue weighted by atomic mass is 19.1. The molecule has 2 heterocycles. The number of anilines is 1. The van der Waals surface area contributed by atoms with Crippen LogP contribution in [0, 0.1) is 11.7 Å². The van der Waals surface area contributed by atoms with E-state index in [9.17, 15) is 9.18 Å². The fraction of sp³-hybridized carbons (Fsp3) is 0.478. The molecule has 1 saturated heterocycles. The van der Waals surface area contributed by atoms with Gasteiger partial charge in [0.1, 0.15) is 11.6 Å². The Morgan fingerprint density at radius 3 is 2.48 bits per heavy atom. The molecule has 29 heavy (non-hydrogen) atoms. The number of hydrogen-bond donors (Lipinski definition) is 2. The molecule has 2 aromatic rings. The summed E-state index contributed by atoms with van der Waals surface area (Å²) >= 11 is 0. The summed E-state index contributed by atoms with van der Waals surface area (Å²) in [4.78, 5) is 19.1. The minimum absolute atomic E-state index is 0.0415. The van der Waals surface area contributed by atoms with Crippen LogP contribution in [0.3, 0.4) is 0 Å². The van der Waals surface area contributed by atoms with Gasteiger partial charge in [-0.15, -0.1) is 0 Å². The zero-order chi connectivity index (χ0) is 20.3. The van der Waals surface area contributed by atoms with Crippen LogP contribution in [0.25, 0.3) is 0 Å². The van der Waals surface area contributed by atoms with Crippen LogP contribution in [-0.2, 0) is 12.0 Å². The fourth-order valence-corrected chi connectivity index (χ4v) is 3.96. The molecule has 5 nitrogen and oxygen atoms in total. The Kier molecular flexibility index (Phi) is 5.69. The maximum atomic E-state index is 13.1. The van der Waals surface area contributed by atoms with Crippen molar-refractivity contribution in [1.29, 1.82) is 0 Å². The molecule has 1 saturated carbocycles. The van der Waals surface area contributed by atoms with E-state index in [-0.39, 0.29) is 17.3 Å². The number of hydrogen-bond acceptors (Lipinski definition) is 3. The van der Waals surface area contributed by atoms with E-state index >= 15 is 0 Å². The zero-order valence-corrected chi connectivity index (χ0v) is 17.0. The standard InChI is InChI=1S/C23H29FN4O/c1-17-8-12-28(13-9-17)21-7-2-18(14-25-21)15-26-22(29)27-16-23(10-11-23)19-3-5-20(24)6-4-19/h2-7,14,17H,8-13,15-16H2,1H3,(H2,26,27,29). The summed E-state index contributed by atoms with van der Waals surface area (Å²) in [5, 5.41) is 5.86. The lowest BCUT2D eigenvalue weighted by atomic mass is 9.96. The second kappa shape index (κ2) is 8.39. The average molecular weight is 397 g/mol. The van der Waals surface area contributed by atoms with Gasteiger partial charge in [0.05, 0.1) is 0 Å². The first kappa shape index (κ1) is 19.7. The third-order valence-electron chi connectivity index (χ3n) is 6.27. The molecule has 1 aromatic heterocycles. The molecule has 0 radical (unpaired) electrons. The molecule has 1 aliphatic heterocycles. The zero-order valence-electron chi connectivity index (χ0n) is 17.0. The van der Waals surface area contributed by atoms with Crippen LogP contribution in [0.2, 0.25) is 0 Å². The van der Waals surface area contributed by atoms with Crippen LogP contribution in [0.1, 0.15) is 43.7 Å². The Labute approximate surface area is 171 Å².